The van der Waals surface area contributed by atoms with Crippen LogP contribution in [0, 0.1) is 5.92 Å². The largest absolute Gasteiger partial charge is 0.481 e. The first-order valence-electron chi connectivity index (χ1n) is 6.26. The Morgan fingerprint density at radius 1 is 1.72 bits per heavy atom. The third-order valence-corrected chi connectivity index (χ3v) is 4.81. The van der Waals surface area contributed by atoms with Crippen molar-refractivity contribution >= 4 is 28.9 Å². The van der Waals surface area contributed by atoms with Crippen LogP contribution in [0.25, 0.3) is 0 Å². The number of hydrogen-bond donors (Lipinski definition) is 1. The highest BCUT2D eigenvalue weighted by Gasteiger charge is 2.27. The standard InChI is InChI=1S/C13H18ClNO2S/c1-9(11-6-12(14)18-8-11)15-5-4-10(7-15)2-3-13(16)17/h6,8-10H,2-5,7H2,1H3,(H,16,17). The number of likely N-dealkylation sites (tertiary alicyclic amines) is 1. The fraction of sp³-hybridized carbons (Fsp3) is 0.615. The van der Waals surface area contributed by atoms with Crippen molar-refractivity contribution in [3.8, 4) is 0 Å². The molecule has 1 saturated heterocycles. The third-order valence-electron chi connectivity index (χ3n) is 3.70. The zero-order valence-corrected chi connectivity index (χ0v) is 12.0. The predicted octanol–water partition coefficient (Wildman–Crippen LogP) is 3.65. The van der Waals surface area contributed by atoms with Crippen LogP contribution in [0.1, 0.15) is 37.8 Å². The van der Waals surface area contributed by atoms with Gasteiger partial charge in [0.15, 0.2) is 0 Å². The number of nitrogens with zero attached hydrogens (tertiary/aromatic N) is 1. The Morgan fingerprint density at radius 3 is 3.11 bits per heavy atom. The second-order valence-electron chi connectivity index (χ2n) is 4.94. The SMILES string of the molecule is CC(c1csc(Cl)c1)N1CCC(CCC(=O)O)C1. The van der Waals surface area contributed by atoms with Crippen LogP contribution >= 0.6 is 22.9 Å². The minimum atomic E-state index is -0.689. The number of carboxylic acid groups (broad SMARTS) is 1. The molecule has 1 aliphatic rings. The van der Waals surface area contributed by atoms with Crippen molar-refractivity contribution in [2.45, 2.75) is 32.2 Å². The van der Waals surface area contributed by atoms with Crippen LogP contribution in [0.5, 0.6) is 0 Å². The molecule has 18 heavy (non-hydrogen) atoms. The number of thiophene rings is 1. The summed E-state index contributed by atoms with van der Waals surface area (Å²) in [6.45, 7) is 4.25. The number of carbonyl (C=O) groups is 1. The summed E-state index contributed by atoms with van der Waals surface area (Å²) >= 11 is 7.53. The van der Waals surface area contributed by atoms with Crippen LogP contribution in [-0.2, 0) is 4.79 Å². The maximum atomic E-state index is 10.6. The highest BCUT2D eigenvalue weighted by atomic mass is 35.5. The van der Waals surface area contributed by atoms with Gasteiger partial charge in [-0.05, 0) is 49.2 Å². The van der Waals surface area contributed by atoms with Gasteiger partial charge in [-0.3, -0.25) is 9.69 Å². The van der Waals surface area contributed by atoms with Crippen molar-refractivity contribution < 1.29 is 9.90 Å². The van der Waals surface area contributed by atoms with Crippen molar-refractivity contribution in [3.05, 3.63) is 21.3 Å². The quantitative estimate of drug-likeness (QED) is 0.899. The summed E-state index contributed by atoms with van der Waals surface area (Å²) in [5, 5.41) is 10.8. The van der Waals surface area contributed by atoms with Crippen LogP contribution in [0.2, 0.25) is 4.34 Å². The Kier molecular flexibility index (Phi) is 4.65. The normalized spacial score (nSPS) is 22.2. The maximum Gasteiger partial charge on any atom is 0.303 e. The zero-order valence-electron chi connectivity index (χ0n) is 10.4. The molecule has 0 bridgehead atoms. The van der Waals surface area contributed by atoms with Crippen LogP contribution < -0.4 is 0 Å². The maximum absolute atomic E-state index is 10.6. The molecule has 2 heterocycles. The van der Waals surface area contributed by atoms with E-state index in [1.807, 2.05) is 6.07 Å². The lowest BCUT2D eigenvalue weighted by molar-refractivity contribution is -0.137. The first-order valence-corrected chi connectivity index (χ1v) is 7.52. The molecule has 5 heteroatoms. The van der Waals surface area contributed by atoms with Crippen LogP contribution in [0.3, 0.4) is 0 Å². The molecule has 0 saturated carbocycles. The Labute approximate surface area is 116 Å². The zero-order chi connectivity index (χ0) is 13.1. The van der Waals surface area contributed by atoms with E-state index in [-0.39, 0.29) is 6.42 Å². The fourth-order valence-electron chi connectivity index (χ4n) is 2.53. The van der Waals surface area contributed by atoms with Crippen LogP contribution in [0.15, 0.2) is 11.4 Å². The van der Waals surface area contributed by atoms with Crippen LogP contribution in [-0.4, -0.2) is 29.1 Å². The van der Waals surface area contributed by atoms with Gasteiger partial charge in [0, 0.05) is 19.0 Å². The second-order valence-corrected chi connectivity index (χ2v) is 6.48. The Morgan fingerprint density at radius 2 is 2.50 bits per heavy atom. The fourth-order valence-corrected chi connectivity index (χ4v) is 3.51. The molecule has 3 nitrogen and oxygen atoms in total. The highest BCUT2D eigenvalue weighted by molar-refractivity contribution is 7.14. The number of aliphatic carboxylic acids is 1. The average molecular weight is 288 g/mol. The van der Waals surface area contributed by atoms with Gasteiger partial charge in [-0.2, -0.15) is 0 Å². The van der Waals surface area contributed by atoms with E-state index in [2.05, 4.69) is 17.2 Å². The third kappa shape index (κ3) is 3.46. The van der Waals surface area contributed by atoms with E-state index in [1.165, 1.54) is 5.56 Å². The van der Waals surface area contributed by atoms with Gasteiger partial charge in [0.05, 0.1) is 4.34 Å². The summed E-state index contributed by atoms with van der Waals surface area (Å²) in [7, 11) is 0. The summed E-state index contributed by atoms with van der Waals surface area (Å²) < 4.78 is 0.832. The predicted molar refractivity (Wildman–Crippen MR) is 74.3 cm³/mol. The molecule has 0 spiro atoms. The van der Waals surface area contributed by atoms with E-state index in [0.29, 0.717) is 12.0 Å². The van der Waals surface area contributed by atoms with E-state index < -0.39 is 5.97 Å². The molecule has 2 unspecified atom stereocenters. The number of carboxylic acids is 1. The molecule has 0 aromatic carbocycles. The van der Waals surface area contributed by atoms with Crippen molar-refractivity contribution in [3.63, 3.8) is 0 Å². The lowest BCUT2D eigenvalue weighted by atomic mass is 10.0. The number of hydrogen-bond acceptors (Lipinski definition) is 3. The highest BCUT2D eigenvalue weighted by Crippen LogP contribution is 2.32. The molecule has 1 aromatic rings. The van der Waals surface area contributed by atoms with E-state index in [4.69, 9.17) is 16.7 Å². The molecule has 1 N–H and O–H groups in total. The molecule has 2 atom stereocenters. The molecule has 0 radical (unpaired) electrons. The molecule has 0 aliphatic carbocycles. The Bertz CT molecular complexity index is 421. The van der Waals surface area contributed by atoms with Crippen molar-refractivity contribution in [2.24, 2.45) is 5.92 Å². The van der Waals surface area contributed by atoms with E-state index >= 15 is 0 Å². The summed E-state index contributed by atoms with van der Waals surface area (Å²) in [6.07, 6.45) is 2.19. The second kappa shape index (κ2) is 6.04. The molecular weight excluding hydrogens is 270 g/mol. The summed E-state index contributed by atoms with van der Waals surface area (Å²) in [6, 6.07) is 2.41. The van der Waals surface area contributed by atoms with E-state index in [1.54, 1.807) is 11.3 Å². The number of rotatable bonds is 5. The van der Waals surface area contributed by atoms with Gasteiger partial charge < -0.3 is 5.11 Å². The summed E-state index contributed by atoms with van der Waals surface area (Å²) in [4.78, 5) is 13.0. The molecule has 100 valence electrons. The van der Waals surface area contributed by atoms with Gasteiger partial charge in [-0.25, -0.2) is 0 Å². The number of halogens is 1. The molecule has 1 aromatic heterocycles. The van der Waals surface area contributed by atoms with Gasteiger partial charge >= 0.3 is 5.97 Å². The van der Waals surface area contributed by atoms with Gasteiger partial charge in [0.25, 0.3) is 0 Å². The van der Waals surface area contributed by atoms with Crippen molar-refractivity contribution in [1.82, 2.24) is 4.90 Å². The summed E-state index contributed by atoms with van der Waals surface area (Å²) in [5.74, 6) is -0.163. The lowest BCUT2D eigenvalue weighted by Gasteiger charge is -2.23. The minimum absolute atomic E-state index is 0.289. The molecule has 1 fully saturated rings. The molecule has 0 amide bonds. The van der Waals surface area contributed by atoms with Gasteiger partial charge in [-0.1, -0.05) is 11.6 Å². The average Bonchev–Trinajstić information content (AvgIpc) is 2.94. The minimum Gasteiger partial charge on any atom is -0.481 e. The van der Waals surface area contributed by atoms with E-state index in [9.17, 15) is 4.79 Å². The molecular formula is C13H18ClNO2S. The first-order chi connectivity index (χ1) is 8.56. The first kappa shape index (κ1) is 13.8. The van der Waals surface area contributed by atoms with E-state index in [0.717, 1.165) is 30.3 Å². The van der Waals surface area contributed by atoms with Gasteiger partial charge in [0.2, 0.25) is 0 Å². The van der Waals surface area contributed by atoms with Crippen LogP contribution in [0.4, 0.5) is 0 Å². The smallest absolute Gasteiger partial charge is 0.303 e. The van der Waals surface area contributed by atoms with Crippen molar-refractivity contribution in [2.75, 3.05) is 13.1 Å². The lowest BCUT2D eigenvalue weighted by Crippen LogP contribution is -2.24. The molecule has 1 aliphatic heterocycles. The van der Waals surface area contributed by atoms with Gasteiger partial charge in [0.1, 0.15) is 0 Å². The van der Waals surface area contributed by atoms with Crippen molar-refractivity contribution in [1.29, 1.82) is 0 Å². The molecule has 2 rings (SSSR count). The topological polar surface area (TPSA) is 40.5 Å². The Hall–Kier alpha value is -0.580. The van der Waals surface area contributed by atoms with Gasteiger partial charge in [-0.15, -0.1) is 11.3 Å². The Balaban J connectivity index is 1.86. The summed E-state index contributed by atoms with van der Waals surface area (Å²) in [5.41, 5.74) is 1.27. The monoisotopic (exact) mass is 287 g/mol.